The van der Waals surface area contributed by atoms with Crippen molar-refractivity contribution in [2.45, 2.75) is 5.41 Å². The van der Waals surface area contributed by atoms with E-state index in [0.29, 0.717) is 17.5 Å². The van der Waals surface area contributed by atoms with Crippen molar-refractivity contribution >= 4 is 21.4 Å². The van der Waals surface area contributed by atoms with E-state index < -0.39 is 5.41 Å². The summed E-state index contributed by atoms with van der Waals surface area (Å²) in [6.45, 7) is 0. The number of aromatic nitrogens is 3. The van der Waals surface area contributed by atoms with Crippen LogP contribution in [0.25, 0.3) is 88.8 Å². The predicted octanol–water partition coefficient (Wildman–Crippen LogP) is 13.8. The molecule has 0 fully saturated rings. The van der Waals surface area contributed by atoms with E-state index >= 15 is 0 Å². The van der Waals surface area contributed by atoms with Crippen molar-refractivity contribution in [1.82, 2.24) is 15.0 Å². The number of rotatable bonds is 5. The van der Waals surface area contributed by atoms with Gasteiger partial charge in [0.15, 0.2) is 17.5 Å². The molecule has 2 aromatic heterocycles. The predicted molar refractivity (Wildman–Crippen MR) is 239 cm³/mol. The fraction of sp³-hybridized carbons (Fsp3) is 0.0185. The summed E-state index contributed by atoms with van der Waals surface area (Å²) in [4.78, 5) is 16.7. The third-order valence-electron chi connectivity index (χ3n) is 12.0. The van der Waals surface area contributed by atoms with Crippen LogP contribution in [0.1, 0.15) is 21.6 Å². The van der Waals surface area contributed by atoms with Gasteiger partial charge in [0, 0.05) is 37.2 Å². The average Bonchev–Trinajstić information content (AvgIpc) is 3.93. The minimum absolute atomic E-state index is 0.404. The van der Waals surface area contributed by atoms with Crippen LogP contribution in [0.5, 0.6) is 0 Å². The second-order valence-electron chi connectivity index (χ2n) is 15.1. The van der Waals surface area contributed by atoms with Crippen LogP contribution in [0.4, 0.5) is 0 Å². The number of hydrogen-bond donors (Lipinski definition) is 0. The molecule has 0 radical (unpaired) electrons. The summed E-state index contributed by atoms with van der Waals surface area (Å²) >= 11 is 1.94. The molecule has 0 aliphatic heterocycles. The van der Waals surface area contributed by atoms with Crippen molar-refractivity contribution in [3.63, 3.8) is 0 Å². The zero-order chi connectivity index (χ0) is 38.2. The highest BCUT2D eigenvalue weighted by atomic mass is 32.1. The zero-order valence-electron chi connectivity index (χ0n) is 31.3. The van der Waals surface area contributed by atoms with Crippen LogP contribution in [0, 0.1) is 0 Å². The number of nitrogens with zero attached hydrogens (tertiary/aromatic N) is 3. The molecule has 0 bridgehead atoms. The molecule has 0 atom stereocenters. The van der Waals surface area contributed by atoms with Crippen LogP contribution in [0.3, 0.4) is 0 Å². The zero-order valence-corrected chi connectivity index (χ0v) is 32.1. The Balaban J connectivity index is 1.02. The maximum Gasteiger partial charge on any atom is 0.164 e. The minimum Gasteiger partial charge on any atom is -0.208 e. The fourth-order valence-electron chi connectivity index (χ4n) is 9.35. The summed E-state index contributed by atoms with van der Waals surface area (Å²) in [6, 6.07) is 71.8. The second-order valence-corrected chi connectivity index (χ2v) is 16.2. The smallest absolute Gasteiger partial charge is 0.164 e. The molecule has 58 heavy (non-hydrogen) atoms. The summed E-state index contributed by atoms with van der Waals surface area (Å²) in [6.07, 6.45) is 0. The number of benzene rings is 8. The highest BCUT2D eigenvalue weighted by molar-refractivity contribution is 7.20. The Morgan fingerprint density at radius 3 is 1.52 bits per heavy atom. The maximum absolute atomic E-state index is 5.13. The third-order valence-corrected chi connectivity index (χ3v) is 13.2. The summed E-state index contributed by atoms with van der Waals surface area (Å²) in [5, 5.41) is 1.33. The van der Waals surface area contributed by atoms with Crippen LogP contribution >= 0.6 is 11.3 Å². The first-order valence-electron chi connectivity index (χ1n) is 19.7. The standard InChI is InChI=1S/C54H33N3S/c1-3-14-34(15-4-1)35-26-28-37(29-27-35)52-55-51(36-16-5-2-6-17-36)56-53(57-52)40-19-13-18-38(32-40)39-30-31-43-47(33-39)54(50-49(43)44-22-9-12-25-48(44)58-50)45-23-10-7-20-41(45)42-21-8-11-24-46(42)54/h1-33H. The monoisotopic (exact) mass is 755 g/mol. The van der Waals surface area contributed by atoms with Gasteiger partial charge >= 0.3 is 0 Å². The van der Waals surface area contributed by atoms with E-state index in [-0.39, 0.29) is 0 Å². The Hall–Kier alpha value is -7.27. The molecule has 0 unspecified atom stereocenters. The van der Waals surface area contributed by atoms with E-state index in [1.165, 1.54) is 59.5 Å². The van der Waals surface area contributed by atoms with Gasteiger partial charge in [-0.05, 0) is 73.8 Å². The summed E-state index contributed by atoms with van der Waals surface area (Å²) in [7, 11) is 0. The highest BCUT2D eigenvalue weighted by Crippen LogP contribution is 2.66. The second kappa shape index (κ2) is 12.9. The molecule has 2 heterocycles. The van der Waals surface area contributed by atoms with Crippen molar-refractivity contribution < 1.29 is 0 Å². The van der Waals surface area contributed by atoms with E-state index in [2.05, 4.69) is 176 Å². The molecule has 4 heteroatoms. The molecule has 0 N–H and O–H groups in total. The van der Waals surface area contributed by atoms with Crippen LogP contribution in [0.2, 0.25) is 0 Å². The Kier molecular flexibility index (Phi) is 7.31. The van der Waals surface area contributed by atoms with Crippen LogP contribution in [0.15, 0.2) is 200 Å². The highest BCUT2D eigenvalue weighted by Gasteiger charge is 2.53. The van der Waals surface area contributed by atoms with Crippen molar-refractivity contribution in [3.8, 4) is 78.7 Å². The van der Waals surface area contributed by atoms with Gasteiger partial charge in [0.2, 0.25) is 0 Å². The maximum atomic E-state index is 5.13. The lowest BCUT2D eigenvalue weighted by Crippen LogP contribution is -2.24. The molecule has 2 aliphatic rings. The van der Waals surface area contributed by atoms with Gasteiger partial charge in [0.25, 0.3) is 0 Å². The van der Waals surface area contributed by atoms with Crippen molar-refractivity contribution in [3.05, 3.63) is 222 Å². The Morgan fingerprint density at radius 1 is 0.328 bits per heavy atom. The van der Waals surface area contributed by atoms with E-state index in [4.69, 9.17) is 15.0 Å². The molecule has 270 valence electrons. The molecule has 0 saturated carbocycles. The molecule has 3 nitrogen and oxygen atoms in total. The molecule has 0 amide bonds. The third kappa shape index (κ3) is 4.89. The van der Waals surface area contributed by atoms with Gasteiger partial charge in [-0.3, -0.25) is 0 Å². The topological polar surface area (TPSA) is 38.7 Å². The SMILES string of the molecule is c1ccc(-c2ccc(-c3nc(-c4ccccc4)nc(-c4cccc(-c5ccc6c(c5)C5(c7ccccc7-c7ccccc75)c5sc7ccccc7c5-6)c4)n3)cc2)cc1. The van der Waals surface area contributed by atoms with Gasteiger partial charge in [-0.1, -0.05) is 182 Å². The first-order valence-corrected chi connectivity index (χ1v) is 20.5. The largest absolute Gasteiger partial charge is 0.208 e. The van der Waals surface area contributed by atoms with Crippen molar-refractivity contribution in [2.75, 3.05) is 0 Å². The summed E-state index contributed by atoms with van der Waals surface area (Å²) in [5.41, 5.74) is 16.4. The first kappa shape index (κ1) is 32.9. The van der Waals surface area contributed by atoms with E-state index in [1.54, 1.807) is 0 Å². The van der Waals surface area contributed by atoms with Gasteiger partial charge in [0.05, 0.1) is 5.41 Å². The van der Waals surface area contributed by atoms with Crippen LogP contribution in [-0.4, -0.2) is 15.0 Å². The normalized spacial score (nSPS) is 13.0. The Morgan fingerprint density at radius 2 is 0.810 bits per heavy atom. The molecule has 0 saturated heterocycles. The Labute approximate surface area is 340 Å². The van der Waals surface area contributed by atoms with Crippen LogP contribution < -0.4 is 0 Å². The van der Waals surface area contributed by atoms with E-state index in [1.807, 2.05) is 35.6 Å². The van der Waals surface area contributed by atoms with Crippen LogP contribution in [-0.2, 0) is 5.41 Å². The molecule has 1 spiro atoms. The molecule has 12 rings (SSSR count). The molecule has 10 aromatic rings. The number of hydrogen-bond acceptors (Lipinski definition) is 4. The summed E-state index contributed by atoms with van der Waals surface area (Å²) in [5.74, 6) is 1.93. The van der Waals surface area contributed by atoms with Gasteiger partial charge in [-0.15, -0.1) is 11.3 Å². The fourth-order valence-corrected chi connectivity index (χ4v) is 10.8. The first-order chi connectivity index (χ1) is 28.7. The van der Waals surface area contributed by atoms with Crippen molar-refractivity contribution in [2.24, 2.45) is 0 Å². The summed E-state index contributed by atoms with van der Waals surface area (Å²) < 4.78 is 1.33. The lowest BCUT2D eigenvalue weighted by Gasteiger charge is -2.29. The molecular formula is C54H33N3S. The van der Waals surface area contributed by atoms with E-state index in [0.717, 1.165) is 33.4 Å². The number of fused-ring (bicyclic) bond motifs is 12. The van der Waals surface area contributed by atoms with Gasteiger partial charge < -0.3 is 0 Å². The number of thiophene rings is 1. The minimum atomic E-state index is -0.404. The molecule has 2 aliphatic carbocycles. The average molecular weight is 756 g/mol. The van der Waals surface area contributed by atoms with E-state index in [9.17, 15) is 0 Å². The van der Waals surface area contributed by atoms with Gasteiger partial charge in [-0.25, -0.2) is 15.0 Å². The quantitative estimate of drug-likeness (QED) is 0.176. The Bertz CT molecular complexity index is 3170. The lowest BCUT2D eigenvalue weighted by atomic mass is 9.73. The molecular weight excluding hydrogens is 723 g/mol. The van der Waals surface area contributed by atoms with Gasteiger partial charge in [0.1, 0.15) is 0 Å². The van der Waals surface area contributed by atoms with Gasteiger partial charge in [-0.2, -0.15) is 0 Å². The lowest BCUT2D eigenvalue weighted by molar-refractivity contribution is 0.812. The van der Waals surface area contributed by atoms with Crippen molar-refractivity contribution in [1.29, 1.82) is 0 Å². The molecule has 8 aromatic carbocycles.